The molecule has 1 aromatic rings. The third-order valence-electron chi connectivity index (χ3n) is 3.35. The zero-order valence-electron chi connectivity index (χ0n) is 12.1. The Hall–Kier alpha value is -1.02. The van der Waals surface area contributed by atoms with Gasteiger partial charge in [0.05, 0.1) is 19.3 Å². The van der Waals surface area contributed by atoms with Gasteiger partial charge in [0.15, 0.2) is 5.13 Å². The highest BCUT2D eigenvalue weighted by Crippen LogP contribution is 2.20. The number of carbonyl (C=O) groups is 1. The fraction of sp³-hybridized carbons (Fsp3) is 0.692. The third kappa shape index (κ3) is 3.76. The van der Waals surface area contributed by atoms with Crippen LogP contribution in [0.4, 0.5) is 5.13 Å². The molecule has 0 N–H and O–H groups in total. The lowest BCUT2D eigenvalue weighted by Crippen LogP contribution is -2.49. The van der Waals surface area contributed by atoms with Crippen LogP contribution in [0.5, 0.6) is 0 Å². The molecule has 1 aliphatic heterocycles. The van der Waals surface area contributed by atoms with E-state index >= 15 is 0 Å². The van der Waals surface area contributed by atoms with Crippen molar-refractivity contribution in [3.63, 3.8) is 0 Å². The first-order valence-electron chi connectivity index (χ1n) is 6.65. The molecule has 0 aliphatic carbocycles. The number of nitrogens with zero attached hydrogens (tertiary/aromatic N) is 3. The minimum Gasteiger partial charge on any atom is -0.374 e. The second-order valence-corrected chi connectivity index (χ2v) is 5.77. The first-order chi connectivity index (χ1) is 9.61. The van der Waals surface area contributed by atoms with Crippen LogP contribution < -0.4 is 4.90 Å². The van der Waals surface area contributed by atoms with Crippen LogP contribution in [0.1, 0.15) is 6.92 Å². The van der Waals surface area contributed by atoms with E-state index in [1.54, 1.807) is 18.0 Å². The molecule has 0 spiro atoms. The van der Waals surface area contributed by atoms with Gasteiger partial charge in [-0.05, 0) is 14.0 Å². The SMILES string of the molecule is CO[C@@H](C)C(=O)N(C[C@H]1CN(C)CCO1)c1nccs1. The van der Waals surface area contributed by atoms with E-state index in [9.17, 15) is 4.79 Å². The number of morpholine rings is 1. The van der Waals surface area contributed by atoms with E-state index < -0.39 is 6.10 Å². The molecule has 0 unspecified atom stereocenters. The number of amides is 1. The molecule has 2 heterocycles. The van der Waals surface area contributed by atoms with Crippen molar-refractivity contribution in [2.75, 3.05) is 45.3 Å². The highest BCUT2D eigenvalue weighted by Gasteiger charge is 2.28. The number of likely N-dealkylation sites (N-methyl/N-ethyl adjacent to an activating group) is 1. The Labute approximate surface area is 123 Å². The number of hydrogen-bond donors (Lipinski definition) is 0. The van der Waals surface area contributed by atoms with Gasteiger partial charge < -0.3 is 14.4 Å². The fourth-order valence-electron chi connectivity index (χ4n) is 2.11. The van der Waals surface area contributed by atoms with E-state index in [0.717, 1.165) is 13.1 Å². The van der Waals surface area contributed by atoms with Crippen LogP contribution in [-0.2, 0) is 14.3 Å². The molecule has 1 amide bonds. The van der Waals surface area contributed by atoms with Crippen molar-refractivity contribution >= 4 is 22.4 Å². The van der Waals surface area contributed by atoms with Crippen molar-refractivity contribution in [2.45, 2.75) is 19.1 Å². The molecule has 7 heteroatoms. The molecule has 1 saturated heterocycles. The smallest absolute Gasteiger partial charge is 0.257 e. The Morgan fingerprint density at radius 2 is 2.55 bits per heavy atom. The lowest BCUT2D eigenvalue weighted by Gasteiger charge is -2.33. The number of hydrogen-bond acceptors (Lipinski definition) is 6. The van der Waals surface area contributed by atoms with Gasteiger partial charge >= 0.3 is 0 Å². The van der Waals surface area contributed by atoms with Gasteiger partial charge in [-0.15, -0.1) is 11.3 Å². The highest BCUT2D eigenvalue weighted by atomic mass is 32.1. The van der Waals surface area contributed by atoms with Crippen LogP contribution in [0.25, 0.3) is 0 Å². The summed E-state index contributed by atoms with van der Waals surface area (Å²) in [6.07, 6.45) is 1.22. The van der Waals surface area contributed by atoms with Crippen molar-refractivity contribution < 1.29 is 14.3 Å². The molecule has 1 aromatic heterocycles. The van der Waals surface area contributed by atoms with Gasteiger partial charge in [-0.3, -0.25) is 9.69 Å². The number of methoxy groups -OCH3 is 1. The number of thiazole rings is 1. The van der Waals surface area contributed by atoms with Gasteiger partial charge in [0.2, 0.25) is 0 Å². The number of rotatable bonds is 5. The van der Waals surface area contributed by atoms with Gasteiger partial charge in [0, 0.05) is 31.8 Å². The molecule has 6 nitrogen and oxygen atoms in total. The maximum absolute atomic E-state index is 12.4. The summed E-state index contributed by atoms with van der Waals surface area (Å²) in [5.74, 6) is -0.0840. The fourth-order valence-corrected chi connectivity index (χ4v) is 2.77. The number of ether oxygens (including phenoxy) is 2. The molecule has 2 atom stereocenters. The van der Waals surface area contributed by atoms with Gasteiger partial charge in [0.25, 0.3) is 5.91 Å². The number of aromatic nitrogens is 1. The summed E-state index contributed by atoms with van der Waals surface area (Å²) in [5.41, 5.74) is 0. The van der Waals surface area contributed by atoms with Crippen molar-refractivity contribution in [3.8, 4) is 0 Å². The highest BCUT2D eigenvalue weighted by molar-refractivity contribution is 7.13. The molecule has 20 heavy (non-hydrogen) atoms. The summed E-state index contributed by atoms with van der Waals surface area (Å²) in [6.45, 7) is 4.69. The van der Waals surface area contributed by atoms with E-state index in [4.69, 9.17) is 9.47 Å². The topological polar surface area (TPSA) is 54.9 Å². The molecule has 112 valence electrons. The monoisotopic (exact) mass is 299 g/mol. The molecule has 0 saturated carbocycles. The zero-order chi connectivity index (χ0) is 14.5. The second kappa shape index (κ2) is 7.12. The summed E-state index contributed by atoms with van der Waals surface area (Å²) in [4.78, 5) is 20.5. The van der Waals surface area contributed by atoms with Crippen LogP contribution in [0.2, 0.25) is 0 Å². The van der Waals surface area contributed by atoms with E-state index in [0.29, 0.717) is 18.3 Å². The molecule has 0 bridgehead atoms. The summed E-state index contributed by atoms with van der Waals surface area (Å²) < 4.78 is 10.9. The normalized spacial score (nSPS) is 21.6. The Kier molecular flexibility index (Phi) is 5.47. The Bertz CT molecular complexity index is 427. The van der Waals surface area contributed by atoms with Gasteiger partial charge in [-0.25, -0.2) is 4.98 Å². The minimum atomic E-state index is -0.486. The quantitative estimate of drug-likeness (QED) is 0.806. The molecule has 0 radical (unpaired) electrons. The van der Waals surface area contributed by atoms with Crippen molar-refractivity contribution in [1.82, 2.24) is 9.88 Å². The molecule has 1 aliphatic rings. The predicted molar refractivity (Wildman–Crippen MR) is 78.2 cm³/mol. The summed E-state index contributed by atoms with van der Waals surface area (Å²) in [7, 11) is 3.59. The maximum atomic E-state index is 12.4. The Morgan fingerprint density at radius 3 is 3.15 bits per heavy atom. The average Bonchev–Trinajstić information content (AvgIpc) is 2.97. The number of anilines is 1. The van der Waals surface area contributed by atoms with E-state index in [1.807, 2.05) is 5.38 Å². The lowest BCUT2D eigenvalue weighted by molar-refractivity contribution is -0.128. The first kappa shape index (κ1) is 15.4. The molecule has 2 rings (SSSR count). The van der Waals surface area contributed by atoms with Crippen molar-refractivity contribution in [1.29, 1.82) is 0 Å². The molecule has 0 aromatic carbocycles. The minimum absolute atomic E-state index is 0.00524. The summed E-state index contributed by atoms with van der Waals surface area (Å²) in [6, 6.07) is 0. The van der Waals surface area contributed by atoms with Gasteiger partial charge in [0.1, 0.15) is 6.10 Å². The largest absolute Gasteiger partial charge is 0.374 e. The van der Waals surface area contributed by atoms with Crippen molar-refractivity contribution in [3.05, 3.63) is 11.6 Å². The molecular weight excluding hydrogens is 278 g/mol. The average molecular weight is 299 g/mol. The number of carbonyl (C=O) groups excluding carboxylic acids is 1. The van der Waals surface area contributed by atoms with Gasteiger partial charge in [-0.2, -0.15) is 0 Å². The van der Waals surface area contributed by atoms with E-state index in [2.05, 4.69) is 16.9 Å². The van der Waals surface area contributed by atoms with Gasteiger partial charge in [-0.1, -0.05) is 0 Å². The van der Waals surface area contributed by atoms with Crippen molar-refractivity contribution in [2.24, 2.45) is 0 Å². The second-order valence-electron chi connectivity index (χ2n) is 4.90. The van der Waals surface area contributed by atoms with E-state index in [-0.39, 0.29) is 12.0 Å². The summed E-state index contributed by atoms with van der Waals surface area (Å²) in [5, 5.41) is 2.55. The predicted octanol–water partition coefficient (Wildman–Crippen LogP) is 0.842. The maximum Gasteiger partial charge on any atom is 0.257 e. The van der Waals surface area contributed by atoms with Crippen LogP contribution in [0, 0.1) is 0 Å². The Balaban J connectivity index is 2.08. The van der Waals surface area contributed by atoms with Crippen LogP contribution >= 0.6 is 11.3 Å². The van der Waals surface area contributed by atoms with Crippen LogP contribution in [0.15, 0.2) is 11.6 Å². The van der Waals surface area contributed by atoms with E-state index in [1.165, 1.54) is 18.4 Å². The molecular formula is C13H21N3O3S. The lowest BCUT2D eigenvalue weighted by atomic mass is 10.2. The molecule has 1 fully saturated rings. The van der Waals surface area contributed by atoms with Crippen LogP contribution in [0.3, 0.4) is 0 Å². The van der Waals surface area contributed by atoms with Crippen LogP contribution in [-0.4, -0.2) is 68.4 Å². The zero-order valence-corrected chi connectivity index (χ0v) is 12.9. The third-order valence-corrected chi connectivity index (χ3v) is 4.14. The standard InChI is InChI=1S/C13H21N3O3S/c1-10(18-3)12(17)16(13-14-4-7-20-13)9-11-8-15(2)5-6-19-11/h4,7,10-11H,5-6,8-9H2,1-3H3/t10-,11+/m0/s1. The first-order valence-corrected chi connectivity index (χ1v) is 7.53. The Morgan fingerprint density at radius 1 is 1.75 bits per heavy atom. The summed E-state index contributed by atoms with van der Waals surface area (Å²) >= 11 is 1.45.